The molecule has 1 amide bonds. The minimum atomic E-state index is -0.537. The molecule has 4 aromatic rings. The van der Waals surface area contributed by atoms with E-state index in [1.165, 1.54) is 0 Å². The van der Waals surface area contributed by atoms with Crippen molar-refractivity contribution in [2.24, 2.45) is 0 Å². The maximum absolute atomic E-state index is 12.7. The van der Waals surface area contributed by atoms with Crippen molar-refractivity contribution in [3.63, 3.8) is 0 Å². The molecule has 0 radical (unpaired) electrons. The van der Waals surface area contributed by atoms with Crippen LogP contribution in [0.4, 0.5) is 4.79 Å². The zero-order valence-corrected chi connectivity index (χ0v) is 19.9. The highest BCUT2D eigenvalue weighted by molar-refractivity contribution is 6.02. The molecule has 1 aliphatic heterocycles. The summed E-state index contributed by atoms with van der Waals surface area (Å²) in [5, 5.41) is 5.60. The van der Waals surface area contributed by atoms with Crippen molar-refractivity contribution in [3.05, 3.63) is 64.7 Å². The van der Waals surface area contributed by atoms with Gasteiger partial charge in [0, 0.05) is 30.8 Å². The Labute approximate surface area is 197 Å². The predicted molar refractivity (Wildman–Crippen MR) is 131 cm³/mol. The summed E-state index contributed by atoms with van der Waals surface area (Å²) in [6.07, 6.45) is 2.89. The van der Waals surface area contributed by atoms with E-state index in [0.717, 1.165) is 28.6 Å². The molecule has 1 aliphatic rings. The van der Waals surface area contributed by atoms with Gasteiger partial charge in [-0.3, -0.25) is 4.79 Å². The van der Waals surface area contributed by atoms with Gasteiger partial charge >= 0.3 is 6.09 Å². The largest absolute Gasteiger partial charge is 0.444 e. The molecule has 5 rings (SSSR count). The number of pyridine rings is 1. The number of carbonyl (C=O) groups excluding carboxylic acids is 1. The first-order valence-electron chi connectivity index (χ1n) is 11.7. The van der Waals surface area contributed by atoms with Gasteiger partial charge in [-0.15, -0.1) is 5.10 Å². The fraction of sp³-hybridized carbons (Fsp3) is 0.385. The minimum Gasteiger partial charge on any atom is -0.444 e. The molecular formula is C26H29N5O3. The van der Waals surface area contributed by atoms with Crippen molar-refractivity contribution in [3.8, 4) is 11.1 Å². The van der Waals surface area contributed by atoms with E-state index in [1.54, 1.807) is 17.2 Å². The summed E-state index contributed by atoms with van der Waals surface area (Å²) in [6.45, 7) is 8.19. The van der Waals surface area contributed by atoms with Crippen molar-refractivity contribution in [1.82, 2.24) is 24.5 Å². The summed E-state index contributed by atoms with van der Waals surface area (Å²) in [6, 6.07) is 13.6. The lowest BCUT2D eigenvalue weighted by atomic mass is 9.89. The topological polar surface area (TPSA) is 92.6 Å². The van der Waals surface area contributed by atoms with Gasteiger partial charge in [0.25, 0.3) is 5.56 Å². The van der Waals surface area contributed by atoms with Crippen molar-refractivity contribution < 1.29 is 9.53 Å². The van der Waals surface area contributed by atoms with E-state index in [4.69, 9.17) is 9.84 Å². The Bertz CT molecular complexity index is 1420. The summed E-state index contributed by atoms with van der Waals surface area (Å²) in [4.78, 5) is 34.6. The van der Waals surface area contributed by atoms with Crippen LogP contribution in [0.2, 0.25) is 0 Å². The Balaban J connectivity index is 1.54. The number of aromatic amines is 1. The highest BCUT2D eigenvalue weighted by Crippen LogP contribution is 2.34. The zero-order chi connectivity index (χ0) is 24.0. The Morgan fingerprint density at radius 1 is 1.18 bits per heavy atom. The third-order valence-corrected chi connectivity index (χ3v) is 6.35. The maximum Gasteiger partial charge on any atom is 0.410 e. The summed E-state index contributed by atoms with van der Waals surface area (Å²) in [5.41, 5.74) is 3.37. The average Bonchev–Trinajstić information content (AvgIpc) is 3.16. The summed E-state index contributed by atoms with van der Waals surface area (Å²) >= 11 is 0. The summed E-state index contributed by atoms with van der Waals surface area (Å²) in [7, 11) is 0. The molecule has 8 heteroatoms. The Morgan fingerprint density at radius 2 is 1.94 bits per heavy atom. The van der Waals surface area contributed by atoms with E-state index in [0.29, 0.717) is 24.3 Å². The third-order valence-electron chi connectivity index (χ3n) is 6.35. The van der Waals surface area contributed by atoms with Crippen LogP contribution in [-0.4, -0.2) is 48.8 Å². The highest BCUT2D eigenvalue weighted by Gasteiger charge is 2.33. The quantitative estimate of drug-likeness (QED) is 0.467. The lowest BCUT2D eigenvalue weighted by Crippen LogP contribution is -2.46. The number of hydrogen-bond donors (Lipinski definition) is 1. The molecule has 2 unspecified atom stereocenters. The zero-order valence-electron chi connectivity index (χ0n) is 19.9. The van der Waals surface area contributed by atoms with Crippen molar-refractivity contribution in [2.75, 3.05) is 6.54 Å². The number of hydrogen-bond acceptors (Lipinski definition) is 5. The highest BCUT2D eigenvalue weighted by atomic mass is 16.6. The van der Waals surface area contributed by atoms with Gasteiger partial charge in [0.2, 0.25) is 0 Å². The first kappa shape index (κ1) is 22.1. The molecule has 3 aromatic heterocycles. The van der Waals surface area contributed by atoms with Gasteiger partial charge in [-0.1, -0.05) is 30.3 Å². The van der Waals surface area contributed by atoms with E-state index in [2.05, 4.69) is 9.97 Å². The molecule has 176 valence electrons. The standard InChI is InChI=1S/C26H29N5O3/c1-16-14-18(11-13-30(16)25(33)34-26(2,3)4)20-15-21(32)28-24-22-19(17-8-6-5-7-9-17)10-12-27-23(22)29-31(20)24/h5-10,12,15-16,18H,11,13-14H2,1-4H3,(H,28,32). The van der Waals surface area contributed by atoms with Crippen LogP contribution in [0.3, 0.4) is 0 Å². The van der Waals surface area contributed by atoms with E-state index in [9.17, 15) is 9.59 Å². The fourth-order valence-electron chi connectivity index (χ4n) is 4.84. The van der Waals surface area contributed by atoms with Crippen LogP contribution in [0, 0.1) is 0 Å². The van der Waals surface area contributed by atoms with Crippen LogP contribution in [-0.2, 0) is 4.74 Å². The molecule has 2 atom stereocenters. The van der Waals surface area contributed by atoms with Crippen LogP contribution >= 0.6 is 0 Å². The molecule has 0 spiro atoms. The molecule has 8 nitrogen and oxygen atoms in total. The predicted octanol–water partition coefficient (Wildman–Crippen LogP) is 4.74. The molecule has 1 N–H and O–H groups in total. The Kier molecular flexibility index (Phi) is 5.38. The smallest absolute Gasteiger partial charge is 0.410 e. The van der Waals surface area contributed by atoms with Crippen molar-refractivity contribution in [1.29, 1.82) is 0 Å². The molecule has 1 fully saturated rings. The molecule has 4 heterocycles. The number of likely N-dealkylation sites (tertiary alicyclic amines) is 1. The van der Waals surface area contributed by atoms with Crippen LogP contribution in [0.1, 0.15) is 52.1 Å². The second kappa shape index (κ2) is 8.27. The van der Waals surface area contributed by atoms with E-state index in [1.807, 2.05) is 68.6 Å². The molecule has 0 bridgehead atoms. The first-order chi connectivity index (χ1) is 16.2. The maximum atomic E-state index is 12.7. The number of benzene rings is 1. The van der Waals surface area contributed by atoms with Crippen molar-refractivity contribution >= 4 is 22.8 Å². The van der Waals surface area contributed by atoms with Crippen LogP contribution in [0.5, 0.6) is 0 Å². The average molecular weight is 460 g/mol. The second-order valence-electron chi connectivity index (χ2n) is 9.99. The van der Waals surface area contributed by atoms with E-state index in [-0.39, 0.29) is 23.6 Å². The van der Waals surface area contributed by atoms with Gasteiger partial charge in [0.15, 0.2) is 5.65 Å². The van der Waals surface area contributed by atoms with Crippen LogP contribution in [0.15, 0.2) is 53.5 Å². The number of ether oxygens (including phenoxy) is 1. The van der Waals surface area contributed by atoms with E-state index < -0.39 is 5.60 Å². The Morgan fingerprint density at radius 3 is 2.65 bits per heavy atom. The fourth-order valence-corrected chi connectivity index (χ4v) is 4.84. The number of fused-ring (bicyclic) bond motifs is 3. The third kappa shape index (κ3) is 4.04. The summed E-state index contributed by atoms with van der Waals surface area (Å²) < 4.78 is 7.40. The number of piperidine rings is 1. The van der Waals surface area contributed by atoms with Gasteiger partial charge < -0.3 is 14.6 Å². The number of carbonyl (C=O) groups is 1. The van der Waals surface area contributed by atoms with Crippen LogP contribution < -0.4 is 5.56 Å². The molecule has 1 saturated heterocycles. The molecular weight excluding hydrogens is 430 g/mol. The first-order valence-corrected chi connectivity index (χ1v) is 11.7. The number of rotatable bonds is 2. The van der Waals surface area contributed by atoms with Gasteiger partial charge in [-0.05, 0) is 57.7 Å². The normalized spacial score (nSPS) is 19.0. The number of nitrogens with zero attached hydrogens (tertiary/aromatic N) is 4. The number of aromatic nitrogens is 4. The monoisotopic (exact) mass is 459 g/mol. The van der Waals surface area contributed by atoms with Gasteiger partial charge in [-0.25, -0.2) is 14.3 Å². The number of nitrogens with one attached hydrogen (secondary N) is 1. The molecule has 1 aromatic carbocycles. The van der Waals surface area contributed by atoms with Gasteiger partial charge in [0.05, 0.1) is 11.1 Å². The van der Waals surface area contributed by atoms with Crippen LogP contribution in [0.25, 0.3) is 27.8 Å². The second-order valence-corrected chi connectivity index (χ2v) is 9.99. The molecule has 0 aliphatic carbocycles. The number of H-pyrrole nitrogens is 1. The van der Waals surface area contributed by atoms with Gasteiger partial charge in [-0.2, -0.15) is 0 Å². The summed E-state index contributed by atoms with van der Waals surface area (Å²) in [5.74, 6) is 0.0768. The molecule has 34 heavy (non-hydrogen) atoms. The lowest BCUT2D eigenvalue weighted by molar-refractivity contribution is 0.0102. The van der Waals surface area contributed by atoms with Crippen molar-refractivity contribution in [2.45, 2.75) is 58.1 Å². The number of amides is 1. The lowest BCUT2D eigenvalue weighted by Gasteiger charge is -2.38. The van der Waals surface area contributed by atoms with Gasteiger partial charge in [0.1, 0.15) is 11.2 Å². The minimum absolute atomic E-state index is 0.0223. The van der Waals surface area contributed by atoms with E-state index >= 15 is 0 Å². The molecule has 0 saturated carbocycles. The SMILES string of the molecule is CC1CC(c2cc(=O)[nH]c3c4c(-c5ccccc5)ccnc4nn23)CCN1C(=O)OC(C)(C)C. The Hall–Kier alpha value is -3.68.